The van der Waals surface area contributed by atoms with Gasteiger partial charge in [-0.15, -0.1) is 11.3 Å². The molecule has 3 aromatic rings. The van der Waals surface area contributed by atoms with Crippen LogP contribution in [0.15, 0.2) is 12.1 Å². The normalized spacial score (nSPS) is 19.9. The molecule has 1 saturated heterocycles. The van der Waals surface area contributed by atoms with Crippen molar-refractivity contribution < 1.29 is 14.6 Å². The predicted octanol–water partition coefficient (Wildman–Crippen LogP) is 4.94. The molecule has 1 atom stereocenters. The molecule has 1 spiro atoms. The lowest BCUT2D eigenvalue weighted by Crippen LogP contribution is -2.45. The van der Waals surface area contributed by atoms with Crippen molar-refractivity contribution >= 4 is 28.1 Å². The summed E-state index contributed by atoms with van der Waals surface area (Å²) in [6.45, 7) is 12.3. The number of thiazole rings is 1. The van der Waals surface area contributed by atoms with Crippen LogP contribution in [0.4, 0.5) is 0 Å². The van der Waals surface area contributed by atoms with E-state index in [4.69, 9.17) is 9.72 Å². The summed E-state index contributed by atoms with van der Waals surface area (Å²) in [5, 5.41) is 17.5. The molecule has 0 saturated carbocycles. The van der Waals surface area contributed by atoms with Crippen molar-refractivity contribution in [3.05, 3.63) is 39.0 Å². The molecule has 1 amide bonds. The summed E-state index contributed by atoms with van der Waals surface area (Å²) in [4.78, 5) is 21.5. The number of nitrogens with zero attached hydrogens (tertiary/aromatic N) is 4. The van der Waals surface area contributed by atoms with Gasteiger partial charge in [0, 0.05) is 41.4 Å². The molecule has 5 rings (SSSR count). The van der Waals surface area contributed by atoms with Crippen molar-refractivity contribution in [3.8, 4) is 5.75 Å². The van der Waals surface area contributed by atoms with Gasteiger partial charge in [0.25, 0.3) is 5.91 Å². The van der Waals surface area contributed by atoms with Crippen LogP contribution in [0.1, 0.15) is 84.7 Å². The Bertz CT molecular complexity index is 1280. The van der Waals surface area contributed by atoms with Gasteiger partial charge in [-0.05, 0) is 57.1 Å². The molecule has 35 heavy (non-hydrogen) atoms. The number of carbonyl (C=O) groups is 1. The molecule has 8 heteroatoms. The molecule has 2 aliphatic rings. The largest absolute Gasteiger partial charge is 0.492 e. The minimum Gasteiger partial charge on any atom is -0.492 e. The Morgan fingerprint density at radius 1 is 1.29 bits per heavy atom. The van der Waals surface area contributed by atoms with Crippen molar-refractivity contribution in [1.29, 1.82) is 0 Å². The summed E-state index contributed by atoms with van der Waals surface area (Å²) in [6, 6.07) is 3.82. The Balaban J connectivity index is 1.35. The summed E-state index contributed by atoms with van der Waals surface area (Å²) in [5.74, 6) is 0.739. The Morgan fingerprint density at radius 3 is 2.66 bits per heavy atom. The number of rotatable bonds is 3. The second-order valence-electron chi connectivity index (χ2n) is 11.3. The highest BCUT2D eigenvalue weighted by atomic mass is 32.1. The topological polar surface area (TPSA) is 80.5 Å². The average molecular weight is 497 g/mol. The lowest BCUT2D eigenvalue weighted by molar-refractivity contribution is 0.0255. The first kappa shape index (κ1) is 24.3. The fourth-order valence-corrected chi connectivity index (χ4v) is 7.02. The fraction of sp³-hybridized carbons (Fsp3) is 0.593. The van der Waals surface area contributed by atoms with Crippen molar-refractivity contribution in [2.24, 2.45) is 12.5 Å². The number of aliphatic hydroxyl groups is 1. The maximum Gasteiger partial charge on any atom is 0.254 e. The van der Waals surface area contributed by atoms with Gasteiger partial charge in [0.05, 0.1) is 29.1 Å². The fourth-order valence-electron chi connectivity index (χ4n) is 5.67. The minimum atomic E-state index is -0.516. The number of aromatic nitrogens is 3. The van der Waals surface area contributed by atoms with Crippen molar-refractivity contribution in [2.45, 2.75) is 71.8 Å². The Kier molecular flexibility index (Phi) is 5.95. The van der Waals surface area contributed by atoms with Gasteiger partial charge in [-0.1, -0.05) is 20.8 Å². The van der Waals surface area contributed by atoms with Gasteiger partial charge in [-0.2, -0.15) is 5.10 Å². The number of aliphatic hydroxyl groups excluding tert-OH is 1. The van der Waals surface area contributed by atoms with Crippen molar-refractivity contribution in [2.75, 3.05) is 19.7 Å². The molecular weight excluding hydrogens is 460 g/mol. The molecule has 0 radical (unpaired) electrons. The number of benzene rings is 1. The summed E-state index contributed by atoms with van der Waals surface area (Å²) in [5.41, 5.74) is 3.36. The lowest BCUT2D eigenvalue weighted by Gasteiger charge is -2.45. The lowest BCUT2D eigenvalue weighted by atomic mass is 9.68. The van der Waals surface area contributed by atoms with Crippen LogP contribution in [0.2, 0.25) is 0 Å². The second kappa shape index (κ2) is 8.59. The Morgan fingerprint density at radius 2 is 2.00 bits per heavy atom. The summed E-state index contributed by atoms with van der Waals surface area (Å²) < 4.78 is 7.71. The third-order valence-electron chi connectivity index (χ3n) is 7.59. The third-order valence-corrected chi connectivity index (χ3v) is 9.09. The predicted molar refractivity (Wildman–Crippen MR) is 138 cm³/mol. The number of piperidine rings is 1. The highest BCUT2D eigenvalue weighted by Crippen LogP contribution is 2.50. The van der Waals surface area contributed by atoms with Crippen molar-refractivity contribution in [3.63, 3.8) is 0 Å². The van der Waals surface area contributed by atoms with Crippen LogP contribution >= 0.6 is 11.3 Å². The maximum absolute atomic E-state index is 13.6. The van der Waals surface area contributed by atoms with Crippen LogP contribution in [0.5, 0.6) is 5.75 Å². The molecular formula is C27H36N4O3S. The number of carbonyl (C=O) groups excluding carboxylic acids is 1. The molecule has 1 aromatic carbocycles. The number of likely N-dealkylation sites (tertiary alicyclic amines) is 1. The first-order valence-corrected chi connectivity index (χ1v) is 13.4. The molecule has 3 heterocycles. The number of hydrogen-bond acceptors (Lipinski definition) is 6. The van der Waals surface area contributed by atoms with E-state index in [0.717, 1.165) is 53.0 Å². The van der Waals surface area contributed by atoms with Gasteiger partial charge < -0.3 is 14.7 Å². The van der Waals surface area contributed by atoms with Gasteiger partial charge in [0.2, 0.25) is 0 Å². The maximum atomic E-state index is 13.6. The highest BCUT2D eigenvalue weighted by Gasteiger charge is 2.44. The van der Waals surface area contributed by atoms with Gasteiger partial charge in [-0.3, -0.25) is 9.48 Å². The standard InChI is InChI=1S/C27H36N4O3S/c1-7-34-20-13-17(12-18-16(2)29-30(6)23(18)20)24(33)31-10-8-27(9-11-31)14-19(32)22-21(15-27)35-25(28-22)26(3,4)5/h12-13,19,32H,7-11,14-15H2,1-6H3/t19-/m0/s1. The van der Waals surface area contributed by atoms with E-state index < -0.39 is 6.10 Å². The number of amides is 1. The molecule has 188 valence electrons. The Hall–Kier alpha value is -2.45. The third kappa shape index (κ3) is 4.25. The van der Waals surface area contributed by atoms with Crippen LogP contribution in [-0.4, -0.2) is 50.4 Å². The summed E-state index contributed by atoms with van der Waals surface area (Å²) in [6.07, 6.45) is 2.95. The van der Waals surface area contributed by atoms with Crippen LogP contribution in [0, 0.1) is 12.3 Å². The van der Waals surface area contributed by atoms with Gasteiger partial charge in [0.15, 0.2) is 0 Å². The molecule has 1 N–H and O–H groups in total. The van der Waals surface area contributed by atoms with E-state index >= 15 is 0 Å². The molecule has 1 aliphatic carbocycles. The molecule has 0 bridgehead atoms. The van der Waals surface area contributed by atoms with Gasteiger partial charge >= 0.3 is 0 Å². The Labute approximate surface area is 211 Å². The molecule has 7 nitrogen and oxygen atoms in total. The molecule has 1 aliphatic heterocycles. The van der Waals surface area contributed by atoms with Gasteiger partial charge in [0.1, 0.15) is 11.3 Å². The van der Waals surface area contributed by atoms with E-state index in [1.807, 2.05) is 42.6 Å². The van der Waals surface area contributed by atoms with E-state index in [1.54, 1.807) is 11.3 Å². The van der Waals surface area contributed by atoms with Gasteiger partial charge in [-0.25, -0.2) is 4.98 Å². The van der Waals surface area contributed by atoms with Crippen LogP contribution in [-0.2, 0) is 18.9 Å². The monoisotopic (exact) mass is 496 g/mol. The number of aryl methyl sites for hydroxylation is 2. The molecule has 1 fully saturated rings. The zero-order valence-corrected chi connectivity index (χ0v) is 22.5. The summed E-state index contributed by atoms with van der Waals surface area (Å²) in [7, 11) is 1.90. The summed E-state index contributed by atoms with van der Waals surface area (Å²) >= 11 is 1.75. The molecule has 2 aromatic heterocycles. The minimum absolute atomic E-state index is 0.0151. The van der Waals surface area contributed by atoms with E-state index in [2.05, 4.69) is 25.9 Å². The van der Waals surface area contributed by atoms with E-state index in [9.17, 15) is 9.90 Å². The number of fused-ring (bicyclic) bond motifs is 2. The average Bonchev–Trinajstić information content (AvgIpc) is 3.35. The smallest absolute Gasteiger partial charge is 0.254 e. The zero-order valence-electron chi connectivity index (χ0n) is 21.6. The van der Waals surface area contributed by atoms with Crippen LogP contribution in [0.25, 0.3) is 10.9 Å². The number of ether oxygens (including phenoxy) is 1. The highest BCUT2D eigenvalue weighted by molar-refractivity contribution is 7.11. The first-order chi connectivity index (χ1) is 16.5. The second-order valence-corrected chi connectivity index (χ2v) is 12.4. The van der Waals surface area contributed by atoms with E-state index in [-0.39, 0.29) is 16.7 Å². The SMILES string of the molecule is CCOc1cc(C(=O)N2CCC3(CC2)Cc2sc(C(C)(C)C)nc2[C@@H](O)C3)cc2c(C)nn(C)c12. The van der Waals surface area contributed by atoms with E-state index in [1.165, 1.54) is 4.88 Å². The van der Waals surface area contributed by atoms with Crippen LogP contribution < -0.4 is 4.74 Å². The quantitative estimate of drug-likeness (QED) is 0.556. The van der Waals surface area contributed by atoms with E-state index in [0.29, 0.717) is 31.0 Å². The van der Waals surface area contributed by atoms with Crippen LogP contribution in [0.3, 0.4) is 0 Å². The first-order valence-electron chi connectivity index (χ1n) is 12.6. The molecule has 0 unspecified atom stereocenters. The number of hydrogen-bond donors (Lipinski definition) is 1. The zero-order chi connectivity index (χ0) is 25.1. The van der Waals surface area contributed by atoms with Crippen molar-refractivity contribution in [1.82, 2.24) is 19.7 Å².